The zero-order valence-electron chi connectivity index (χ0n) is 8.26. The number of nitrogens with zero attached hydrogens (tertiary/aromatic N) is 3. The molecule has 0 aliphatic heterocycles. The van der Waals surface area contributed by atoms with Crippen LogP contribution in [-0.4, -0.2) is 5.78 Å². The number of rotatable bonds is 1. The zero-order chi connectivity index (χ0) is 10.7. The molecule has 0 saturated heterocycles. The predicted molar refractivity (Wildman–Crippen MR) is 56.5 cm³/mol. The van der Waals surface area contributed by atoms with E-state index in [4.69, 9.17) is 5.53 Å². The number of carbonyl (C=O) groups is 1. The van der Waals surface area contributed by atoms with Crippen LogP contribution in [0.4, 0.5) is 0 Å². The molecule has 0 spiro atoms. The van der Waals surface area contributed by atoms with Crippen LogP contribution in [0.1, 0.15) is 41.2 Å². The molecule has 1 atom stereocenters. The highest BCUT2D eigenvalue weighted by Gasteiger charge is 2.21. The van der Waals surface area contributed by atoms with Crippen molar-refractivity contribution in [3.63, 3.8) is 0 Å². The lowest BCUT2D eigenvalue weighted by Crippen LogP contribution is -2.01. The van der Waals surface area contributed by atoms with Crippen LogP contribution in [0.5, 0.6) is 0 Å². The molecule has 0 fully saturated rings. The first kappa shape index (κ1) is 9.74. The van der Waals surface area contributed by atoms with Gasteiger partial charge in [0.05, 0.1) is 6.04 Å². The van der Waals surface area contributed by atoms with Crippen LogP contribution >= 0.6 is 0 Å². The van der Waals surface area contributed by atoms with E-state index in [9.17, 15) is 4.79 Å². The Morgan fingerprint density at radius 2 is 2.20 bits per heavy atom. The average Bonchev–Trinajstić information content (AvgIpc) is 2.41. The second-order valence-corrected chi connectivity index (χ2v) is 3.62. The second kappa shape index (κ2) is 4.15. The maximum atomic E-state index is 11.7. The van der Waals surface area contributed by atoms with E-state index in [0.29, 0.717) is 12.0 Å². The van der Waals surface area contributed by atoms with Gasteiger partial charge in [-0.3, -0.25) is 4.79 Å². The first-order valence-electron chi connectivity index (χ1n) is 4.99. The third kappa shape index (κ3) is 1.85. The van der Waals surface area contributed by atoms with Crippen LogP contribution in [0.15, 0.2) is 29.4 Å². The van der Waals surface area contributed by atoms with Crippen molar-refractivity contribution in [1.29, 1.82) is 0 Å². The number of Topliss-reactive ketones (excluding diaryl/α,β-unsaturated/α-hetero) is 1. The van der Waals surface area contributed by atoms with Gasteiger partial charge in [-0.1, -0.05) is 29.4 Å². The van der Waals surface area contributed by atoms with E-state index in [1.807, 2.05) is 24.3 Å². The summed E-state index contributed by atoms with van der Waals surface area (Å²) < 4.78 is 0. The molecular formula is C11H11N3O. The molecule has 1 aromatic carbocycles. The Balaban J connectivity index is 2.51. The van der Waals surface area contributed by atoms with Gasteiger partial charge in [-0.05, 0) is 23.9 Å². The molecule has 0 bridgehead atoms. The first-order valence-corrected chi connectivity index (χ1v) is 4.99. The van der Waals surface area contributed by atoms with Gasteiger partial charge < -0.3 is 0 Å². The third-order valence-electron chi connectivity index (χ3n) is 2.69. The van der Waals surface area contributed by atoms with Crippen LogP contribution < -0.4 is 0 Å². The summed E-state index contributed by atoms with van der Waals surface area (Å²) >= 11 is 0. The smallest absolute Gasteiger partial charge is 0.163 e. The summed E-state index contributed by atoms with van der Waals surface area (Å²) in [5.41, 5.74) is 10.1. The van der Waals surface area contributed by atoms with E-state index in [-0.39, 0.29) is 11.8 Å². The Hall–Kier alpha value is -1.80. The molecule has 1 unspecified atom stereocenters. The molecule has 4 nitrogen and oxygen atoms in total. The SMILES string of the molecule is [N-]=[N+]=NC1CCCC(=O)c2ccccc21. The van der Waals surface area contributed by atoms with Gasteiger partial charge in [0.1, 0.15) is 0 Å². The van der Waals surface area contributed by atoms with Crippen molar-refractivity contribution < 1.29 is 4.79 Å². The largest absolute Gasteiger partial charge is 0.294 e. The molecule has 1 aliphatic carbocycles. The number of hydrogen-bond acceptors (Lipinski definition) is 2. The Morgan fingerprint density at radius 3 is 3.00 bits per heavy atom. The summed E-state index contributed by atoms with van der Waals surface area (Å²) in [5, 5.41) is 3.75. The lowest BCUT2D eigenvalue weighted by molar-refractivity contribution is 0.0982. The van der Waals surface area contributed by atoms with E-state index in [0.717, 1.165) is 18.4 Å². The molecule has 1 aliphatic rings. The molecule has 0 radical (unpaired) electrons. The third-order valence-corrected chi connectivity index (χ3v) is 2.69. The van der Waals surface area contributed by atoms with E-state index in [2.05, 4.69) is 10.0 Å². The Morgan fingerprint density at radius 1 is 1.40 bits per heavy atom. The number of hydrogen-bond donors (Lipinski definition) is 0. The standard InChI is InChI=1S/C11H11N3O/c12-14-13-10-6-3-7-11(15)9-5-2-1-4-8(9)10/h1-2,4-5,10H,3,6-7H2. The van der Waals surface area contributed by atoms with Gasteiger partial charge in [-0.2, -0.15) is 0 Å². The van der Waals surface area contributed by atoms with E-state index in [1.165, 1.54) is 0 Å². The Kier molecular flexibility index (Phi) is 2.70. The van der Waals surface area contributed by atoms with Crippen LogP contribution in [0, 0.1) is 0 Å². The van der Waals surface area contributed by atoms with Crippen molar-refractivity contribution in [3.8, 4) is 0 Å². The molecule has 1 aromatic rings. The van der Waals surface area contributed by atoms with Crippen molar-refractivity contribution >= 4 is 5.78 Å². The van der Waals surface area contributed by atoms with Gasteiger partial charge in [0.15, 0.2) is 5.78 Å². The lowest BCUT2D eigenvalue weighted by atomic mass is 9.99. The minimum absolute atomic E-state index is 0.154. The van der Waals surface area contributed by atoms with Crippen molar-refractivity contribution in [1.82, 2.24) is 0 Å². The highest BCUT2D eigenvalue weighted by Crippen LogP contribution is 2.31. The second-order valence-electron chi connectivity index (χ2n) is 3.62. The summed E-state index contributed by atoms with van der Waals surface area (Å²) in [6.45, 7) is 0. The fourth-order valence-electron chi connectivity index (χ4n) is 1.97. The van der Waals surface area contributed by atoms with Gasteiger partial charge >= 0.3 is 0 Å². The highest BCUT2D eigenvalue weighted by molar-refractivity contribution is 5.97. The number of benzene rings is 1. The molecule has 0 heterocycles. The van der Waals surface area contributed by atoms with Gasteiger partial charge in [0.2, 0.25) is 0 Å². The summed E-state index contributed by atoms with van der Waals surface area (Å²) in [5.74, 6) is 0.154. The number of ketones is 1. The summed E-state index contributed by atoms with van der Waals surface area (Å²) in [7, 11) is 0. The summed E-state index contributed by atoms with van der Waals surface area (Å²) in [6.07, 6.45) is 2.10. The van der Waals surface area contributed by atoms with Gasteiger partial charge in [0, 0.05) is 16.9 Å². The fraction of sp³-hybridized carbons (Fsp3) is 0.364. The molecular weight excluding hydrogens is 190 g/mol. The molecule has 76 valence electrons. The van der Waals surface area contributed by atoms with Crippen molar-refractivity contribution in [2.75, 3.05) is 0 Å². The van der Waals surface area contributed by atoms with Crippen molar-refractivity contribution in [3.05, 3.63) is 45.8 Å². The van der Waals surface area contributed by atoms with E-state index in [1.54, 1.807) is 0 Å². The zero-order valence-corrected chi connectivity index (χ0v) is 8.26. The predicted octanol–water partition coefficient (Wildman–Crippen LogP) is 3.40. The van der Waals surface area contributed by atoms with Crippen LogP contribution in [0.3, 0.4) is 0 Å². The molecule has 0 N–H and O–H groups in total. The fourth-order valence-corrected chi connectivity index (χ4v) is 1.97. The van der Waals surface area contributed by atoms with Crippen LogP contribution in [0.25, 0.3) is 10.4 Å². The number of fused-ring (bicyclic) bond motifs is 1. The number of carbonyl (C=O) groups excluding carboxylic acids is 1. The molecule has 0 amide bonds. The maximum absolute atomic E-state index is 11.7. The average molecular weight is 201 g/mol. The Labute approximate surface area is 87.5 Å². The van der Waals surface area contributed by atoms with Crippen molar-refractivity contribution in [2.45, 2.75) is 25.3 Å². The Bertz CT molecular complexity index is 435. The minimum Gasteiger partial charge on any atom is -0.294 e. The first-order chi connectivity index (χ1) is 7.33. The van der Waals surface area contributed by atoms with Crippen LogP contribution in [-0.2, 0) is 0 Å². The molecule has 0 saturated carbocycles. The highest BCUT2D eigenvalue weighted by atomic mass is 16.1. The summed E-state index contributed by atoms with van der Waals surface area (Å²) in [6, 6.07) is 7.21. The van der Waals surface area contributed by atoms with E-state index >= 15 is 0 Å². The minimum atomic E-state index is -0.183. The topological polar surface area (TPSA) is 65.8 Å². The van der Waals surface area contributed by atoms with Crippen LogP contribution in [0.2, 0.25) is 0 Å². The number of azide groups is 1. The quantitative estimate of drug-likeness (QED) is 0.297. The van der Waals surface area contributed by atoms with Gasteiger partial charge in [0.25, 0.3) is 0 Å². The normalized spacial score (nSPS) is 20.0. The molecule has 4 heteroatoms. The van der Waals surface area contributed by atoms with Gasteiger partial charge in [-0.15, -0.1) is 0 Å². The summed E-state index contributed by atoms with van der Waals surface area (Å²) in [4.78, 5) is 14.6. The van der Waals surface area contributed by atoms with Crippen molar-refractivity contribution in [2.24, 2.45) is 5.11 Å². The maximum Gasteiger partial charge on any atom is 0.163 e. The molecule has 15 heavy (non-hydrogen) atoms. The molecule has 0 aromatic heterocycles. The lowest BCUT2D eigenvalue weighted by Gasteiger charge is -2.10. The molecule has 2 rings (SSSR count). The monoisotopic (exact) mass is 201 g/mol. The van der Waals surface area contributed by atoms with E-state index < -0.39 is 0 Å². The van der Waals surface area contributed by atoms with Gasteiger partial charge in [-0.25, -0.2) is 0 Å².